The molecule has 0 aliphatic rings. The Balaban J connectivity index is -0.00000000972. The maximum absolute atomic E-state index is 8.88. The molecule has 0 rings (SSSR count). The van der Waals surface area contributed by atoms with Crippen LogP contribution in [0.2, 0.25) is 0 Å². The van der Waals surface area contributed by atoms with Gasteiger partial charge in [-0.3, -0.25) is 0 Å². The van der Waals surface area contributed by atoms with E-state index in [-0.39, 0.29) is 83.0 Å². The molecule has 0 saturated heterocycles. The molecule has 0 heterocycles. The van der Waals surface area contributed by atoms with Crippen LogP contribution in [0.15, 0.2) is 0 Å². The van der Waals surface area contributed by atoms with Crippen LogP contribution in [0.5, 0.6) is 0 Å². The van der Waals surface area contributed by atoms with Crippen LogP contribution in [-0.2, 0) is 87.6 Å². The van der Waals surface area contributed by atoms with E-state index >= 15 is 0 Å². The van der Waals surface area contributed by atoms with Crippen molar-refractivity contribution in [1.82, 2.24) is 0 Å². The minimum absolute atomic E-state index is 0. The summed E-state index contributed by atoms with van der Waals surface area (Å²) in [6, 6.07) is 0. The molecule has 0 amide bonds. The van der Waals surface area contributed by atoms with Crippen molar-refractivity contribution >= 4 is 7.82 Å². The van der Waals surface area contributed by atoms with Gasteiger partial charge < -0.3 is 14.7 Å². The summed E-state index contributed by atoms with van der Waals surface area (Å²) >= 11 is 0. The smallest absolute Gasteiger partial charge is 0.303 e. The molecule has 0 fully saturated rings. The van der Waals surface area contributed by atoms with Crippen LogP contribution >= 0.6 is 7.82 Å². The Morgan fingerprint density at radius 1 is 0.643 bits per heavy atom. The molecule has 0 aromatic rings. The van der Waals surface area contributed by atoms with Crippen LogP contribution in [0.25, 0.3) is 0 Å². The molecule has 80 valence electrons. The average Bonchev–Trinajstić information content (AvgIpc) is 1.96. The van der Waals surface area contributed by atoms with Gasteiger partial charge in [-0.1, -0.05) is 41.5 Å². The molecular weight excluding hydrogens is 769 g/mol. The summed E-state index contributed by atoms with van der Waals surface area (Å²) in [6.07, 6.45) is 0. The van der Waals surface area contributed by atoms with Crippen molar-refractivity contribution in [2.75, 3.05) is 0 Å². The fourth-order valence-electron chi connectivity index (χ4n) is 0. The first kappa shape index (κ1) is 43.6. The molecule has 0 saturated carbocycles. The van der Waals surface area contributed by atoms with Gasteiger partial charge in [0.1, 0.15) is 0 Å². The van der Waals surface area contributed by atoms with Crippen molar-refractivity contribution in [2.45, 2.75) is 41.5 Å². The molecule has 0 aromatic heterocycles. The molecule has 0 aliphatic heterocycles. The Hall–Kier alpha value is 2.92. The maximum atomic E-state index is 8.88. The van der Waals surface area contributed by atoms with Crippen molar-refractivity contribution < 1.29 is 102 Å². The van der Waals surface area contributed by atoms with Gasteiger partial charge in [-0.15, -0.1) is 0 Å². The Bertz CT molecular complexity index is 71.2. The van der Waals surface area contributed by atoms with E-state index in [9.17, 15) is 0 Å². The van der Waals surface area contributed by atoms with Crippen LogP contribution in [0.3, 0.4) is 0 Å². The predicted octanol–water partition coefficient (Wildman–Crippen LogP) is 2.14. The van der Waals surface area contributed by atoms with Crippen LogP contribution in [0.4, 0.5) is 0 Å². The summed E-state index contributed by atoms with van der Waals surface area (Å²) in [5.74, 6) is 0. The van der Waals surface area contributed by atoms with Crippen molar-refractivity contribution in [3.05, 3.63) is 0 Å². The fraction of sp³-hybridized carbons (Fsp3) is 1.00. The first-order chi connectivity index (χ1) is 5.00. The monoisotopic (exact) mass is 794 g/mol. The maximum Gasteiger partial charge on any atom is 0.466 e. The van der Waals surface area contributed by atoms with E-state index < -0.39 is 7.82 Å². The first-order valence-electron chi connectivity index (χ1n) is 3.78. The molecule has 3 N–H and O–H groups in total. The Morgan fingerprint density at radius 2 is 0.643 bits per heavy atom. The van der Waals surface area contributed by atoms with Gasteiger partial charge in [-0.25, -0.2) is 4.57 Å². The zero-order valence-electron chi connectivity index (χ0n) is 10.3. The quantitative estimate of drug-likeness (QED) is 0.260. The second kappa shape index (κ2) is 44.5. The van der Waals surface area contributed by atoms with E-state index in [1.54, 1.807) is 0 Å². The average molecular weight is 790 g/mol. The van der Waals surface area contributed by atoms with Gasteiger partial charge in [-0.2, -0.15) is 0 Å². The normalized spacial score (nSPS) is 5.50. The standard InChI is InChI=1S/3C2H6.3Hg.H3O4P/c3*1-2;;;;1-5(2,3)4/h3*1-2H3;;;;(H3,1,2,3,4). The molecule has 14 heavy (non-hydrogen) atoms. The third-order valence-electron chi connectivity index (χ3n) is 0. The van der Waals surface area contributed by atoms with Crippen molar-refractivity contribution in [1.29, 1.82) is 0 Å². The summed E-state index contributed by atoms with van der Waals surface area (Å²) in [6.45, 7) is 12.0. The molecule has 8 heteroatoms. The van der Waals surface area contributed by atoms with E-state index in [2.05, 4.69) is 0 Å². The van der Waals surface area contributed by atoms with Gasteiger partial charge in [-0.05, 0) is 0 Å². The van der Waals surface area contributed by atoms with Gasteiger partial charge in [0.15, 0.2) is 0 Å². The Kier molecular flexibility index (Phi) is 139. The molecule has 0 aromatic carbocycles. The number of hydrogen-bond acceptors (Lipinski definition) is 1. The predicted molar refractivity (Wildman–Crippen MR) is 48.3 cm³/mol. The van der Waals surface area contributed by atoms with Gasteiger partial charge >= 0.3 is 7.82 Å². The van der Waals surface area contributed by atoms with Gasteiger partial charge in [0.05, 0.1) is 0 Å². The van der Waals surface area contributed by atoms with Gasteiger partial charge in [0, 0.05) is 83.0 Å². The van der Waals surface area contributed by atoms with E-state index in [0.717, 1.165) is 0 Å². The second-order valence-electron chi connectivity index (χ2n) is 0.513. The van der Waals surface area contributed by atoms with Gasteiger partial charge in [0.25, 0.3) is 0 Å². The van der Waals surface area contributed by atoms with Crippen LogP contribution in [0, 0.1) is 0 Å². The Labute approximate surface area is 149 Å². The second-order valence-corrected chi connectivity index (χ2v) is 1.54. The summed E-state index contributed by atoms with van der Waals surface area (Å²) in [7, 11) is -4.64. The molecule has 0 radical (unpaired) electrons. The summed E-state index contributed by atoms with van der Waals surface area (Å²) in [5.41, 5.74) is 0. The molecule has 0 aliphatic carbocycles. The molecule has 0 spiro atoms. The third kappa shape index (κ3) is 340. The summed E-state index contributed by atoms with van der Waals surface area (Å²) in [5, 5.41) is 0. The number of rotatable bonds is 0. The van der Waals surface area contributed by atoms with Crippen molar-refractivity contribution in [3.63, 3.8) is 0 Å². The minimum atomic E-state index is -4.64. The number of hydrogen-bond donors (Lipinski definition) is 3. The van der Waals surface area contributed by atoms with E-state index in [0.29, 0.717) is 0 Å². The van der Waals surface area contributed by atoms with Crippen LogP contribution < -0.4 is 0 Å². The largest absolute Gasteiger partial charge is 0.466 e. The summed E-state index contributed by atoms with van der Waals surface area (Å²) < 4.78 is 8.88. The zero-order valence-corrected chi connectivity index (χ0v) is 27.7. The van der Waals surface area contributed by atoms with Crippen molar-refractivity contribution in [2.24, 2.45) is 0 Å². The molecular formula is C6H21Hg3O4P. The van der Waals surface area contributed by atoms with E-state index in [4.69, 9.17) is 19.2 Å². The molecule has 4 nitrogen and oxygen atoms in total. The molecule has 0 unspecified atom stereocenters. The molecule has 0 atom stereocenters. The first-order valence-corrected chi connectivity index (χ1v) is 5.35. The SMILES string of the molecule is CC.CC.CC.O=P(O)(O)O.[Hg].[Hg].[Hg]. The summed E-state index contributed by atoms with van der Waals surface area (Å²) in [4.78, 5) is 21.6. The van der Waals surface area contributed by atoms with Crippen LogP contribution in [0.1, 0.15) is 41.5 Å². The van der Waals surface area contributed by atoms with E-state index in [1.807, 2.05) is 41.5 Å². The molecule has 0 bridgehead atoms. The zero-order chi connectivity index (χ0) is 10.5. The minimum Gasteiger partial charge on any atom is -0.303 e. The fourth-order valence-corrected chi connectivity index (χ4v) is 0. The Morgan fingerprint density at radius 3 is 0.643 bits per heavy atom. The van der Waals surface area contributed by atoms with Crippen LogP contribution in [-0.4, -0.2) is 14.7 Å². The number of phosphoric acid groups is 1. The van der Waals surface area contributed by atoms with Gasteiger partial charge in [0.2, 0.25) is 0 Å². The van der Waals surface area contributed by atoms with E-state index in [1.165, 1.54) is 0 Å². The van der Waals surface area contributed by atoms with Crippen molar-refractivity contribution in [3.8, 4) is 0 Å². The topological polar surface area (TPSA) is 77.8 Å². The third-order valence-corrected chi connectivity index (χ3v) is 0.